The van der Waals surface area contributed by atoms with Crippen molar-refractivity contribution in [2.45, 2.75) is 56.8 Å². The Morgan fingerprint density at radius 2 is 2.17 bits per heavy atom. The molecule has 128 valence electrons. The SMILES string of the molecule is CCCC1(c2ccc(Cl)c(Cl)c2)CNCC1OC1CCCCO1. The Hall–Kier alpha value is -0.320. The molecule has 3 unspecified atom stereocenters. The molecule has 0 aliphatic carbocycles. The van der Waals surface area contributed by atoms with Crippen LogP contribution in [0.3, 0.4) is 0 Å². The largest absolute Gasteiger partial charge is 0.353 e. The molecular weight excluding hydrogens is 333 g/mol. The van der Waals surface area contributed by atoms with Gasteiger partial charge in [0.05, 0.1) is 16.1 Å². The van der Waals surface area contributed by atoms with Crippen molar-refractivity contribution >= 4 is 23.2 Å². The van der Waals surface area contributed by atoms with Crippen molar-refractivity contribution < 1.29 is 9.47 Å². The number of rotatable bonds is 5. The predicted octanol–water partition coefficient (Wildman–Crippen LogP) is 4.55. The third-order valence-electron chi connectivity index (χ3n) is 5.03. The molecule has 0 aromatic heterocycles. The van der Waals surface area contributed by atoms with Gasteiger partial charge in [-0.15, -0.1) is 0 Å². The van der Waals surface area contributed by atoms with Crippen molar-refractivity contribution in [3.05, 3.63) is 33.8 Å². The molecule has 3 rings (SSSR count). The Kier molecular flexibility index (Phi) is 5.87. The van der Waals surface area contributed by atoms with Crippen LogP contribution in [0.25, 0.3) is 0 Å². The highest BCUT2D eigenvalue weighted by atomic mass is 35.5. The first kappa shape index (κ1) is 17.5. The molecular formula is C18H25Cl2NO2. The topological polar surface area (TPSA) is 30.5 Å². The molecule has 3 nitrogen and oxygen atoms in total. The summed E-state index contributed by atoms with van der Waals surface area (Å²) in [4.78, 5) is 0. The van der Waals surface area contributed by atoms with E-state index >= 15 is 0 Å². The van der Waals surface area contributed by atoms with Gasteiger partial charge in [0.25, 0.3) is 0 Å². The average Bonchev–Trinajstić information content (AvgIpc) is 2.95. The lowest BCUT2D eigenvalue weighted by molar-refractivity contribution is -0.195. The first-order chi connectivity index (χ1) is 11.2. The smallest absolute Gasteiger partial charge is 0.158 e. The second kappa shape index (κ2) is 7.71. The minimum atomic E-state index is -0.0762. The Morgan fingerprint density at radius 3 is 2.87 bits per heavy atom. The molecule has 1 N–H and O–H groups in total. The highest BCUT2D eigenvalue weighted by Gasteiger charge is 2.45. The molecule has 2 saturated heterocycles. The molecule has 0 bridgehead atoms. The monoisotopic (exact) mass is 357 g/mol. The van der Waals surface area contributed by atoms with Crippen LogP contribution in [0.1, 0.15) is 44.6 Å². The van der Waals surface area contributed by atoms with E-state index in [1.54, 1.807) is 0 Å². The fourth-order valence-electron chi connectivity index (χ4n) is 3.85. The van der Waals surface area contributed by atoms with E-state index in [1.165, 1.54) is 12.0 Å². The number of halogens is 2. The normalized spacial score (nSPS) is 31.4. The molecule has 0 saturated carbocycles. The summed E-state index contributed by atoms with van der Waals surface area (Å²) in [6.07, 6.45) is 5.46. The summed E-state index contributed by atoms with van der Waals surface area (Å²) in [7, 11) is 0. The highest BCUT2D eigenvalue weighted by Crippen LogP contribution is 2.40. The van der Waals surface area contributed by atoms with Gasteiger partial charge in [0.1, 0.15) is 0 Å². The van der Waals surface area contributed by atoms with Crippen molar-refractivity contribution in [2.24, 2.45) is 0 Å². The molecule has 0 radical (unpaired) electrons. The molecule has 2 fully saturated rings. The average molecular weight is 358 g/mol. The van der Waals surface area contributed by atoms with E-state index in [9.17, 15) is 0 Å². The maximum absolute atomic E-state index is 6.38. The number of benzene rings is 1. The molecule has 2 heterocycles. The van der Waals surface area contributed by atoms with Gasteiger partial charge in [-0.1, -0.05) is 42.6 Å². The quantitative estimate of drug-likeness (QED) is 0.838. The van der Waals surface area contributed by atoms with Gasteiger partial charge < -0.3 is 14.8 Å². The highest BCUT2D eigenvalue weighted by molar-refractivity contribution is 6.42. The van der Waals surface area contributed by atoms with Crippen LogP contribution >= 0.6 is 23.2 Å². The van der Waals surface area contributed by atoms with E-state index in [1.807, 2.05) is 12.1 Å². The van der Waals surface area contributed by atoms with Crippen LogP contribution in [-0.2, 0) is 14.9 Å². The molecule has 3 atom stereocenters. The van der Waals surface area contributed by atoms with Crippen molar-refractivity contribution in [2.75, 3.05) is 19.7 Å². The van der Waals surface area contributed by atoms with Gasteiger partial charge in [-0.3, -0.25) is 0 Å². The predicted molar refractivity (Wildman–Crippen MR) is 94.4 cm³/mol. The molecule has 2 aliphatic heterocycles. The summed E-state index contributed by atoms with van der Waals surface area (Å²) in [6, 6.07) is 5.99. The number of hydrogen-bond acceptors (Lipinski definition) is 3. The summed E-state index contributed by atoms with van der Waals surface area (Å²) in [5.41, 5.74) is 1.14. The zero-order valence-corrected chi connectivity index (χ0v) is 15.1. The fourth-order valence-corrected chi connectivity index (χ4v) is 4.15. The first-order valence-corrected chi connectivity index (χ1v) is 9.34. The maximum Gasteiger partial charge on any atom is 0.158 e. The Balaban J connectivity index is 1.86. The van der Waals surface area contributed by atoms with Gasteiger partial charge in [0.2, 0.25) is 0 Å². The number of ether oxygens (including phenoxy) is 2. The summed E-state index contributed by atoms with van der Waals surface area (Å²) in [5.74, 6) is 0. The van der Waals surface area contributed by atoms with Crippen LogP contribution in [-0.4, -0.2) is 32.1 Å². The Bertz CT molecular complexity index is 534. The maximum atomic E-state index is 6.38. The lowest BCUT2D eigenvalue weighted by Crippen LogP contribution is -2.43. The Labute approximate surface area is 148 Å². The third-order valence-corrected chi connectivity index (χ3v) is 5.77. The standard InChI is InChI=1S/C18H25Cl2NO2/c1-2-8-18(13-6-7-14(19)15(20)10-13)12-21-11-16(18)23-17-5-3-4-9-22-17/h6-7,10,16-17,21H,2-5,8-9,11-12H2,1H3. The van der Waals surface area contributed by atoms with Gasteiger partial charge in [-0.05, 0) is 43.4 Å². The van der Waals surface area contributed by atoms with E-state index in [4.69, 9.17) is 32.7 Å². The molecule has 23 heavy (non-hydrogen) atoms. The Morgan fingerprint density at radius 1 is 1.30 bits per heavy atom. The fraction of sp³-hybridized carbons (Fsp3) is 0.667. The van der Waals surface area contributed by atoms with Crippen molar-refractivity contribution in [1.82, 2.24) is 5.32 Å². The van der Waals surface area contributed by atoms with E-state index in [0.29, 0.717) is 10.0 Å². The van der Waals surface area contributed by atoms with Crippen molar-refractivity contribution in [3.8, 4) is 0 Å². The first-order valence-electron chi connectivity index (χ1n) is 8.59. The lowest BCUT2D eigenvalue weighted by atomic mass is 9.74. The van der Waals surface area contributed by atoms with Crippen molar-refractivity contribution in [3.63, 3.8) is 0 Å². The van der Waals surface area contributed by atoms with Gasteiger partial charge >= 0.3 is 0 Å². The zero-order chi connectivity index (χ0) is 16.3. The van der Waals surface area contributed by atoms with Crippen LogP contribution in [0.15, 0.2) is 18.2 Å². The molecule has 1 aromatic carbocycles. The van der Waals surface area contributed by atoms with E-state index in [2.05, 4.69) is 18.3 Å². The second-order valence-electron chi connectivity index (χ2n) is 6.59. The van der Waals surface area contributed by atoms with E-state index in [-0.39, 0.29) is 17.8 Å². The van der Waals surface area contributed by atoms with Crippen LogP contribution in [0.2, 0.25) is 10.0 Å². The number of nitrogens with one attached hydrogen (secondary N) is 1. The molecule has 0 amide bonds. The van der Waals surface area contributed by atoms with E-state index in [0.717, 1.165) is 45.4 Å². The van der Waals surface area contributed by atoms with Gasteiger partial charge in [-0.2, -0.15) is 0 Å². The van der Waals surface area contributed by atoms with Gasteiger partial charge in [-0.25, -0.2) is 0 Å². The van der Waals surface area contributed by atoms with Crippen LogP contribution in [0.5, 0.6) is 0 Å². The summed E-state index contributed by atoms with van der Waals surface area (Å²) in [5, 5.41) is 4.72. The molecule has 5 heteroatoms. The third kappa shape index (κ3) is 3.69. The summed E-state index contributed by atoms with van der Waals surface area (Å²) in [6.45, 7) is 4.76. The van der Waals surface area contributed by atoms with E-state index < -0.39 is 0 Å². The van der Waals surface area contributed by atoms with Crippen LogP contribution in [0, 0.1) is 0 Å². The molecule has 2 aliphatic rings. The van der Waals surface area contributed by atoms with Crippen LogP contribution < -0.4 is 5.32 Å². The van der Waals surface area contributed by atoms with Crippen LogP contribution in [0.4, 0.5) is 0 Å². The molecule has 1 aromatic rings. The lowest BCUT2D eigenvalue weighted by Gasteiger charge is -2.37. The summed E-state index contributed by atoms with van der Waals surface area (Å²) < 4.78 is 12.2. The van der Waals surface area contributed by atoms with Gasteiger partial charge in [0.15, 0.2) is 6.29 Å². The zero-order valence-electron chi connectivity index (χ0n) is 13.6. The molecule has 0 spiro atoms. The van der Waals surface area contributed by atoms with Crippen molar-refractivity contribution in [1.29, 1.82) is 0 Å². The minimum absolute atomic E-state index is 0.0657. The summed E-state index contributed by atoms with van der Waals surface area (Å²) >= 11 is 12.4. The number of hydrogen-bond donors (Lipinski definition) is 1. The van der Waals surface area contributed by atoms with Gasteiger partial charge in [0, 0.05) is 25.1 Å². The minimum Gasteiger partial charge on any atom is -0.353 e. The second-order valence-corrected chi connectivity index (χ2v) is 7.40.